The largest absolute Gasteiger partial charge is 0.378 e. The fraction of sp³-hybridized carbons (Fsp3) is 0.571. The molecule has 1 aromatic carbocycles. The number of nitrogens with two attached hydrogens (primary N) is 1. The standard InChI is InChI=1S/C14H20F2N2O3S/c15-11-2-3-14(13(16)10-11)22(19,20)18-7-4-12(5-8-18)21-9-1-6-17/h2-3,10,12H,1,4-9,17H2. The Labute approximate surface area is 129 Å². The third kappa shape index (κ3) is 4.01. The Morgan fingerprint density at radius 1 is 1.27 bits per heavy atom. The van der Waals surface area contributed by atoms with Crippen LogP contribution in [0, 0.1) is 11.6 Å². The highest BCUT2D eigenvalue weighted by molar-refractivity contribution is 7.89. The highest BCUT2D eigenvalue weighted by Crippen LogP contribution is 2.24. The van der Waals surface area contributed by atoms with E-state index in [1.54, 1.807) is 0 Å². The first kappa shape index (κ1) is 17.3. The van der Waals surface area contributed by atoms with Crippen molar-refractivity contribution in [2.45, 2.75) is 30.3 Å². The molecule has 0 unspecified atom stereocenters. The second kappa shape index (κ2) is 7.45. The van der Waals surface area contributed by atoms with E-state index < -0.39 is 26.6 Å². The zero-order valence-corrected chi connectivity index (χ0v) is 13.0. The van der Waals surface area contributed by atoms with Crippen LogP contribution in [0.4, 0.5) is 8.78 Å². The van der Waals surface area contributed by atoms with E-state index in [0.29, 0.717) is 32.1 Å². The van der Waals surface area contributed by atoms with Crippen molar-refractivity contribution in [2.75, 3.05) is 26.2 Å². The summed E-state index contributed by atoms with van der Waals surface area (Å²) in [6.07, 6.45) is 1.86. The summed E-state index contributed by atoms with van der Waals surface area (Å²) in [7, 11) is -3.94. The molecule has 1 aromatic rings. The van der Waals surface area contributed by atoms with Gasteiger partial charge in [-0.3, -0.25) is 0 Å². The normalized spacial score (nSPS) is 17.8. The smallest absolute Gasteiger partial charge is 0.245 e. The van der Waals surface area contributed by atoms with Crippen LogP contribution in [0.25, 0.3) is 0 Å². The molecule has 0 bridgehead atoms. The molecule has 0 radical (unpaired) electrons. The number of rotatable bonds is 6. The van der Waals surface area contributed by atoms with E-state index in [0.717, 1.165) is 18.6 Å². The molecule has 0 aromatic heterocycles. The van der Waals surface area contributed by atoms with Crippen molar-refractivity contribution >= 4 is 10.0 Å². The zero-order valence-electron chi connectivity index (χ0n) is 12.2. The summed E-state index contributed by atoms with van der Waals surface area (Å²) >= 11 is 0. The van der Waals surface area contributed by atoms with Gasteiger partial charge in [0.2, 0.25) is 10.0 Å². The summed E-state index contributed by atoms with van der Waals surface area (Å²) in [5.41, 5.74) is 5.38. The second-order valence-corrected chi connectivity index (χ2v) is 7.10. The van der Waals surface area contributed by atoms with Crippen LogP contribution >= 0.6 is 0 Å². The van der Waals surface area contributed by atoms with Gasteiger partial charge in [0.25, 0.3) is 0 Å². The molecule has 1 fully saturated rings. The van der Waals surface area contributed by atoms with Gasteiger partial charge in [0.15, 0.2) is 0 Å². The monoisotopic (exact) mass is 334 g/mol. The number of sulfonamides is 1. The van der Waals surface area contributed by atoms with Crippen LogP contribution in [0.15, 0.2) is 23.1 Å². The van der Waals surface area contributed by atoms with E-state index >= 15 is 0 Å². The minimum absolute atomic E-state index is 0.00364. The van der Waals surface area contributed by atoms with Gasteiger partial charge in [-0.05, 0) is 37.9 Å². The van der Waals surface area contributed by atoms with Crippen molar-refractivity contribution in [1.29, 1.82) is 0 Å². The molecule has 1 aliphatic heterocycles. The summed E-state index contributed by atoms with van der Waals surface area (Å²) in [5.74, 6) is -1.87. The van der Waals surface area contributed by atoms with E-state index in [-0.39, 0.29) is 19.2 Å². The van der Waals surface area contributed by atoms with E-state index in [2.05, 4.69) is 0 Å². The lowest BCUT2D eigenvalue weighted by molar-refractivity contribution is 0.0208. The molecule has 5 nitrogen and oxygen atoms in total. The quantitative estimate of drug-likeness (QED) is 0.800. The average Bonchev–Trinajstić information content (AvgIpc) is 2.47. The molecule has 22 heavy (non-hydrogen) atoms. The molecule has 124 valence electrons. The van der Waals surface area contributed by atoms with Crippen LogP contribution in [0.1, 0.15) is 19.3 Å². The summed E-state index contributed by atoms with van der Waals surface area (Å²) in [6, 6.07) is 2.48. The third-order valence-electron chi connectivity index (χ3n) is 3.61. The number of halogens is 2. The Kier molecular flexibility index (Phi) is 5.85. The van der Waals surface area contributed by atoms with E-state index in [9.17, 15) is 17.2 Å². The summed E-state index contributed by atoms with van der Waals surface area (Å²) in [5, 5.41) is 0. The number of piperidine rings is 1. The van der Waals surface area contributed by atoms with Crippen molar-refractivity contribution in [3.8, 4) is 0 Å². The van der Waals surface area contributed by atoms with E-state index in [4.69, 9.17) is 10.5 Å². The second-order valence-electron chi connectivity index (χ2n) is 5.19. The van der Waals surface area contributed by atoms with Gasteiger partial charge < -0.3 is 10.5 Å². The van der Waals surface area contributed by atoms with Crippen molar-refractivity contribution < 1.29 is 21.9 Å². The molecule has 0 atom stereocenters. The molecule has 1 aliphatic rings. The summed E-state index contributed by atoms with van der Waals surface area (Å²) in [4.78, 5) is -0.489. The first-order valence-electron chi connectivity index (χ1n) is 7.22. The van der Waals surface area contributed by atoms with Gasteiger partial charge >= 0.3 is 0 Å². The van der Waals surface area contributed by atoms with Gasteiger partial charge in [-0.15, -0.1) is 0 Å². The Morgan fingerprint density at radius 3 is 2.55 bits per heavy atom. The molecule has 0 saturated carbocycles. The first-order chi connectivity index (χ1) is 10.4. The third-order valence-corrected chi connectivity index (χ3v) is 5.55. The van der Waals surface area contributed by atoms with Crippen LogP contribution in [0.2, 0.25) is 0 Å². The molecule has 2 N–H and O–H groups in total. The predicted octanol–water partition coefficient (Wildman–Crippen LogP) is 1.48. The molecule has 0 spiro atoms. The van der Waals surface area contributed by atoms with E-state index in [1.807, 2.05) is 0 Å². The van der Waals surface area contributed by atoms with Crippen LogP contribution in [0.3, 0.4) is 0 Å². The highest BCUT2D eigenvalue weighted by Gasteiger charge is 2.31. The van der Waals surface area contributed by atoms with Crippen molar-refractivity contribution in [3.05, 3.63) is 29.8 Å². The maximum atomic E-state index is 13.7. The summed E-state index contributed by atoms with van der Waals surface area (Å²) in [6.45, 7) is 1.62. The number of ether oxygens (including phenoxy) is 1. The molecule has 1 heterocycles. The SMILES string of the molecule is NCCCOC1CCN(S(=O)(=O)c2ccc(F)cc2F)CC1. The number of hydrogen-bond donors (Lipinski definition) is 1. The van der Waals surface area contributed by atoms with Crippen molar-refractivity contribution in [3.63, 3.8) is 0 Å². The van der Waals surface area contributed by atoms with Crippen molar-refractivity contribution in [1.82, 2.24) is 4.31 Å². The maximum absolute atomic E-state index is 13.7. The number of hydrogen-bond acceptors (Lipinski definition) is 4. The Bertz CT molecular complexity index is 602. The lowest BCUT2D eigenvalue weighted by Crippen LogP contribution is -2.41. The molecule has 1 saturated heterocycles. The lowest BCUT2D eigenvalue weighted by Gasteiger charge is -2.31. The maximum Gasteiger partial charge on any atom is 0.245 e. The Balaban J connectivity index is 2.00. The number of nitrogens with zero attached hydrogens (tertiary/aromatic N) is 1. The van der Waals surface area contributed by atoms with Crippen LogP contribution in [0.5, 0.6) is 0 Å². The molecular formula is C14H20F2N2O3S. The molecule has 2 rings (SSSR count). The van der Waals surface area contributed by atoms with Gasteiger partial charge in [-0.2, -0.15) is 4.31 Å². The molecular weight excluding hydrogens is 314 g/mol. The van der Waals surface area contributed by atoms with Crippen LogP contribution < -0.4 is 5.73 Å². The molecule has 0 amide bonds. The van der Waals surface area contributed by atoms with Crippen molar-refractivity contribution in [2.24, 2.45) is 5.73 Å². The van der Waals surface area contributed by atoms with Gasteiger partial charge in [0, 0.05) is 25.8 Å². The molecule has 0 aliphatic carbocycles. The minimum Gasteiger partial charge on any atom is -0.378 e. The Morgan fingerprint density at radius 2 is 1.95 bits per heavy atom. The predicted molar refractivity (Wildman–Crippen MR) is 77.8 cm³/mol. The number of benzene rings is 1. The zero-order chi connectivity index (χ0) is 16.2. The van der Waals surface area contributed by atoms with Gasteiger partial charge in [0.1, 0.15) is 16.5 Å². The molecule has 8 heteroatoms. The Hall–Kier alpha value is -1.09. The van der Waals surface area contributed by atoms with Crippen LogP contribution in [-0.2, 0) is 14.8 Å². The van der Waals surface area contributed by atoms with Gasteiger partial charge in [-0.25, -0.2) is 17.2 Å². The minimum atomic E-state index is -3.94. The van der Waals surface area contributed by atoms with Crippen LogP contribution in [-0.4, -0.2) is 45.1 Å². The topological polar surface area (TPSA) is 72.6 Å². The fourth-order valence-electron chi connectivity index (χ4n) is 2.40. The fourth-order valence-corrected chi connectivity index (χ4v) is 3.91. The lowest BCUT2D eigenvalue weighted by atomic mass is 10.1. The van der Waals surface area contributed by atoms with Gasteiger partial charge in [-0.1, -0.05) is 0 Å². The average molecular weight is 334 g/mol. The highest BCUT2D eigenvalue weighted by atomic mass is 32.2. The summed E-state index contributed by atoms with van der Waals surface area (Å²) < 4.78 is 58.2. The first-order valence-corrected chi connectivity index (χ1v) is 8.66. The van der Waals surface area contributed by atoms with Gasteiger partial charge in [0.05, 0.1) is 6.10 Å². The van der Waals surface area contributed by atoms with E-state index in [1.165, 1.54) is 4.31 Å².